The molecule has 54 heavy (non-hydrogen) atoms. The van der Waals surface area contributed by atoms with E-state index in [9.17, 15) is 22.8 Å². The summed E-state index contributed by atoms with van der Waals surface area (Å²) in [6, 6.07) is 15.1. The van der Waals surface area contributed by atoms with Crippen LogP contribution >= 0.6 is 11.3 Å². The van der Waals surface area contributed by atoms with E-state index in [1.54, 1.807) is 18.0 Å². The molecule has 4 aromatic rings. The number of tetrazole rings is 1. The second-order valence-electron chi connectivity index (χ2n) is 15.0. The quantitative estimate of drug-likeness (QED) is 0.216. The van der Waals surface area contributed by atoms with Crippen LogP contribution in [0.5, 0.6) is 0 Å². The van der Waals surface area contributed by atoms with Crippen molar-refractivity contribution in [1.29, 1.82) is 0 Å². The summed E-state index contributed by atoms with van der Waals surface area (Å²) >= 11 is 1.53. The van der Waals surface area contributed by atoms with Crippen molar-refractivity contribution < 1.29 is 22.8 Å². The Bertz CT molecular complexity index is 2170. The number of anilines is 1. The number of hydrogen-bond donors (Lipinski definition) is 3. The Morgan fingerprint density at radius 1 is 1.04 bits per heavy atom. The monoisotopic (exact) mass is 769 g/mol. The maximum Gasteiger partial charge on any atom is 0.259 e. The van der Waals surface area contributed by atoms with Crippen molar-refractivity contribution in [2.45, 2.75) is 93.1 Å². The van der Waals surface area contributed by atoms with Crippen LogP contribution in [0.3, 0.4) is 0 Å². The first-order chi connectivity index (χ1) is 26.1. The number of fused-ring (bicyclic) bond motifs is 2. The molecule has 4 aliphatic rings. The molecule has 0 spiro atoms. The van der Waals surface area contributed by atoms with Crippen LogP contribution in [0.2, 0.25) is 0 Å². The summed E-state index contributed by atoms with van der Waals surface area (Å²) in [6.45, 7) is 1.75. The Hall–Kier alpha value is -4.96. The molecule has 3 N–H and O–H groups in total. The molecular weight excluding hydrogens is 727 g/mol. The lowest BCUT2D eigenvalue weighted by atomic mass is 10.0. The van der Waals surface area contributed by atoms with Gasteiger partial charge in [0.25, 0.3) is 5.91 Å². The molecule has 2 aliphatic carbocycles. The maximum atomic E-state index is 14.6. The number of amides is 3. The van der Waals surface area contributed by atoms with Gasteiger partial charge in [0.1, 0.15) is 22.6 Å². The predicted molar refractivity (Wildman–Crippen MR) is 203 cm³/mol. The fraction of sp³-hybridized carbons (Fsp3) is 0.447. The van der Waals surface area contributed by atoms with Gasteiger partial charge < -0.3 is 15.5 Å². The van der Waals surface area contributed by atoms with E-state index >= 15 is 0 Å². The number of aromatic nitrogens is 5. The number of rotatable bonds is 8. The molecule has 14 nitrogen and oxygen atoms in total. The fourth-order valence-electron chi connectivity index (χ4n) is 7.43. The van der Waals surface area contributed by atoms with Gasteiger partial charge in [-0.1, -0.05) is 61.4 Å². The third kappa shape index (κ3) is 7.16. The van der Waals surface area contributed by atoms with Crippen LogP contribution in [-0.4, -0.2) is 85.1 Å². The number of hydrogen-bond acceptors (Lipinski definition) is 11. The second kappa shape index (κ2) is 14.4. The number of benzene rings is 2. The van der Waals surface area contributed by atoms with Gasteiger partial charge in [-0.25, -0.2) is 13.4 Å². The molecule has 5 atom stereocenters. The minimum Gasteiger partial charge on any atom is -0.374 e. The standard InChI is InChI=1S/C38H43N9O5S2/c1-37(17-18-37)54(51,52)44-36(50)38-23-27(38)13-6-3-2-4-9-16-30(40-28-14-7-5-8-15-28)35(49)46-24-29(22-31(46)33(48)41-38)47-43-32(42-45-47)25-11-10-12-26(21-25)34-39-19-20-53-34/h5-8,10-15,19-21,27,29-31,40H,2-4,9,16-18,22-24H2,1H3,(H,41,48)(H,44,50)/t27-,29-,30+,31+,38-/m1/s1. The van der Waals surface area contributed by atoms with E-state index in [0.29, 0.717) is 25.1 Å². The largest absolute Gasteiger partial charge is 0.374 e. The average Bonchev–Trinajstić information content (AvgIpc) is 3.74. The van der Waals surface area contributed by atoms with E-state index in [4.69, 9.17) is 5.10 Å². The number of carbonyl (C=O) groups excluding carboxylic acids is 3. The summed E-state index contributed by atoms with van der Waals surface area (Å²) < 4.78 is 27.6. The normalized spacial score (nSPS) is 26.8. The van der Waals surface area contributed by atoms with E-state index in [2.05, 4.69) is 30.7 Å². The highest BCUT2D eigenvalue weighted by molar-refractivity contribution is 7.91. The van der Waals surface area contributed by atoms with Gasteiger partial charge in [0.15, 0.2) is 0 Å². The summed E-state index contributed by atoms with van der Waals surface area (Å²) in [4.78, 5) is 50.4. The Morgan fingerprint density at radius 3 is 2.63 bits per heavy atom. The highest BCUT2D eigenvalue weighted by Gasteiger charge is 2.63. The Kier molecular flexibility index (Phi) is 9.58. The molecule has 2 aromatic carbocycles. The summed E-state index contributed by atoms with van der Waals surface area (Å²) in [5.74, 6) is -1.52. The zero-order chi connectivity index (χ0) is 37.5. The second-order valence-corrected chi connectivity index (χ2v) is 18.1. The van der Waals surface area contributed by atoms with Crippen LogP contribution < -0.4 is 15.4 Å². The van der Waals surface area contributed by atoms with Gasteiger partial charge in [-0.3, -0.25) is 19.1 Å². The molecule has 2 saturated carbocycles. The molecule has 3 amide bonds. The first kappa shape index (κ1) is 36.0. The third-order valence-corrected chi connectivity index (χ3v) is 14.1. The molecule has 0 bridgehead atoms. The number of carbonyl (C=O) groups is 3. The first-order valence-corrected chi connectivity index (χ1v) is 20.9. The molecule has 3 fully saturated rings. The van der Waals surface area contributed by atoms with E-state index in [1.807, 2.05) is 72.1 Å². The summed E-state index contributed by atoms with van der Waals surface area (Å²) in [5.41, 5.74) is 1.01. The number of nitrogens with zero attached hydrogens (tertiary/aromatic N) is 6. The molecular formula is C38H43N9O5S2. The van der Waals surface area contributed by atoms with Crippen LogP contribution in [0.25, 0.3) is 22.0 Å². The van der Waals surface area contributed by atoms with Gasteiger partial charge in [-0.05, 0) is 68.9 Å². The molecule has 1 saturated heterocycles. The van der Waals surface area contributed by atoms with Crippen molar-refractivity contribution in [2.75, 3.05) is 11.9 Å². The van der Waals surface area contributed by atoms with E-state index in [-0.39, 0.29) is 31.2 Å². The Balaban J connectivity index is 1.10. The highest BCUT2D eigenvalue weighted by atomic mass is 32.2. The van der Waals surface area contributed by atoms with Gasteiger partial charge in [-0.15, -0.1) is 21.5 Å². The number of nitrogens with one attached hydrogen (secondary N) is 3. The van der Waals surface area contributed by atoms with E-state index < -0.39 is 50.2 Å². The molecule has 0 radical (unpaired) electrons. The van der Waals surface area contributed by atoms with Crippen LogP contribution in [0.1, 0.15) is 70.8 Å². The van der Waals surface area contributed by atoms with Crippen LogP contribution in [0.4, 0.5) is 5.69 Å². The van der Waals surface area contributed by atoms with E-state index in [1.165, 1.54) is 16.1 Å². The van der Waals surface area contributed by atoms with Crippen molar-refractivity contribution in [3.63, 3.8) is 0 Å². The van der Waals surface area contributed by atoms with Crippen molar-refractivity contribution in [3.8, 4) is 22.0 Å². The molecule has 2 aliphatic heterocycles. The van der Waals surface area contributed by atoms with E-state index in [0.717, 1.165) is 47.5 Å². The molecule has 16 heteroatoms. The predicted octanol–water partition coefficient (Wildman–Crippen LogP) is 4.48. The van der Waals surface area contributed by atoms with Crippen LogP contribution in [-0.2, 0) is 24.4 Å². The van der Waals surface area contributed by atoms with Crippen LogP contribution in [0, 0.1) is 5.92 Å². The lowest BCUT2D eigenvalue weighted by molar-refractivity contribution is -0.140. The van der Waals surface area contributed by atoms with Crippen molar-refractivity contribution in [2.24, 2.45) is 5.92 Å². The smallest absolute Gasteiger partial charge is 0.259 e. The zero-order valence-electron chi connectivity index (χ0n) is 29.9. The van der Waals surface area contributed by atoms with Crippen molar-refractivity contribution in [1.82, 2.24) is 40.1 Å². The highest BCUT2D eigenvalue weighted by Crippen LogP contribution is 2.47. The van der Waals surface area contributed by atoms with Crippen LogP contribution in [0.15, 0.2) is 78.3 Å². The van der Waals surface area contributed by atoms with Gasteiger partial charge in [0, 0.05) is 47.3 Å². The number of allylic oxidation sites excluding steroid dienone is 1. The molecule has 4 heterocycles. The maximum absolute atomic E-state index is 14.6. The zero-order valence-corrected chi connectivity index (χ0v) is 31.6. The summed E-state index contributed by atoms with van der Waals surface area (Å²) in [6.07, 6.45) is 10.9. The Morgan fingerprint density at radius 2 is 1.85 bits per heavy atom. The SMILES string of the molecule is CC1(S(=O)(=O)NC(=O)[C@@]23C[C@H]2C=CCCCCC[C@H](Nc2ccccc2)C(=O)N2C[C@H](n4nnc(-c5cccc(-c6nccs6)c5)n4)C[C@H]2C(=O)N3)CC1. The van der Waals surface area contributed by atoms with Crippen molar-refractivity contribution >= 4 is 44.8 Å². The third-order valence-electron chi connectivity index (χ3n) is 11.2. The minimum absolute atomic E-state index is 0.133. The lowest BCUT2D eigenvalue weighted by Gasteiger charge is -2.30. The van der Waals surface area contributed by atoms with Gasteiger partial charge >= 0.3 is 0 Å². The molecule has 8 rings (SSSR count). The average molecular weight is 770 g/mol. The summed E-state index contributed by atoms with van der Waals surface area (Å²) in [7, 11) is -3.95. The molecule has 282 valence electrons. The first-order valence-electron chi connectivity index (χ1n) is 18.5. The molecule has 0 unspecified atom stereocenters. The topological polar surface area (TPSA) is 181 Å². The number of thiazole rings is 1. The van der Waals surface area contributed by atoms with Gasteiger partial charge in [-0.2, -0.15) is 4.80 Å². The number of sulfonamides is 1. The Labute approximate surface area is 317 Å². The van der Waals surface area contributed by atoms with Gasteiger partial charge in [0.05, 0.1) is 10.8 Å². The minimum atomic E-state index is -3.95. The van der Waals surface area contributed by atoms with Crippen molar-refractivity contribution in [3.05, 3.63) is 78.3 Å². The van der Waals surface area contributed by atoms with Gasteiger partial charge in [0.2, 0.25) is 27.7 Å². The lowest BCUT2D eigenvalue weighted by Crippen LogP contribution is -2.58. The molecule has 2 aromatic heterocycles. The number of para-hydroxylation sites is 1. The summed E-state index contributed by atoms with van der Waals surface area (Å²) in [5, 5.41) is 22.6. The fourth-order valence-corrected chi connectivity index (χ4v) is 9.38.